The van der Waals surface area contributed by atoms with Gasteiger partial charge >= 0.3 is 0 Å². The first-order valence-electron chi connectivity index (χ1n) is 5.14. The highest BCUT2D eigenvalue weighted by atomic mass is 35.5. The van der Waals surface area contributed by atoms with Crippen LogP contribution >= 0.6 is 22.9 Å². The monoisotopic (exact) mass is 264 g/mol. The van der Waals surface area contributed by atoms with Gasteiger partial charge in [0.15, 0.2) is 0 Å². The van der Waals surface area contributed by atoms with E-state index in [4.69, 9.17) is 11.6 Å². The maximum atomic E-state index is 11.9. The normalized spacial score (nSPS) is 18.2. The standard InChI is InChI=1S/C12H9ClN2OS/c13-7-3-4-8-9(6-7)14-11(12(16)15-8)10-2-1-5-17-10/h1-6,11,14H,(H,15,16). The molecule has 0 radical (unpaired) electrons. The largest absolute Gasteiger partial charge is 0.368 e. The van der Waals surface area contributed by atoms with Crippen LogP contribution in [0.2, 0.25) is 5.02 Å². The Morgan fingerprint density at radius 2 is 2.12 bits per heavy atom. The summed E-state index contributed by atoms with van der Waals surface area (Å²) in [5.74, 6) is -0.0396. The summed E-state index contributed by atoms with van der Waals surface area (Å²) in [5.41, 5.74) is 1.63. The zero-order valence-corrected chi connectivity index (χ0v) is 10.3. The van der Waals surface area contributed by atoms with Gasteiger partial charge in [0.25, 0.3) is 5.91 Å². The molecule has 17 heavy (non-hydrogen) atoms. The first-order chi connectivity index (χ1) is 8.24. The third kappa shape index (κ3) is 1.90. The molecule has 1 unspecified atom stereocenters. The maximum Gasteiger partial charge on any atom is 0.252 e. The number of carbonyl (C=O) groups excluding carboxylic acids is 1. The second-order valence-electron chi connectivity index (χ2n) is 3.77. The number of halogens is 1. The first-order valence-corrected chi connectivity index (χ1v) is 6.40. The summed E-state index contributed by atoms with van der Waals surface area (Å²) in [4.78, 5) is 12.9. The average molecular weight is 265 g/mol. The summed E-state index contributed by atoms with van der Waals surface area (Å²) >= 11 is 7.49. The number of anilines is 2. The lowest BCUT2D eigenvalue weighted by molar-refractivity contribution is -0.117. The minimum atomic E-state index is -0.332. The van der Waals surface area contributed by atoms with E-state index in [0.717, 1.165) is 16.3 Å². The van der Waals surface area contributed by atoms with Gasteiger partial charge in [-0.25, -0.2) is 0 Å². The summed E-state index contributed by atoms with van der Waals surface area (Å²) in [5, 5.41) is 8.68. The molecule has 0 bridgehead atoms. The van der Waals surface area contributed by atoms with E-state index in [0.29, 0.717) is 5.02 Å². The predicted octanol–water partition coefficient (Wildman–Crippen LogP) is 3.51. The molecular formula is C12H9ClN2OS. The lowest BCUT2D eigenvalue weighted by atomic mass is 10.1. The lowest BCUT2D eigenvalue weighted by Gasteiger charge is -2.26. The Balaban J connectivity index is 1.99. The van der Waals surface area contributed by atoms with Gasteiger partial charge in [0.05, 0.1) is 11.4 Å². The molecule has 0 saturated carbocycles. The second kappa shape index (κ2) is 4.05. The Bertz CT molecular complexity index is 568. The van der Waals surface area contributed by atoms with Gasteiger partial charge in [-0.15, -0.1) is 11.3 Å². The van der Waals surface area contributed by atoms with Crippen molar-refractivity contribution >= 4 is 40.2 Å². The Labute approximate surface area is 107 Å². The summed E-state index contributed by atoms with van der Waals surface area (Å²) in [6, 6.07) is 8.92. The van der Waals surface area contributed by atoms with E-state index in [9.17, 15) is 4.79 Å². The predicted molar refractivity (Wildman–Crippen MR) is 70.8 cm³/mol. The van der Waals surface area contributed by atoms with Gasteiger partial charge < -0.3 is 10.6 Å². The molecule has 0 fully saturated rings. The zero-order valence-electron chi connectivity index (χ0n) is 8.74. The van der Waals surface area contributed by atoms with Crippen LogP contribution in [-0.2, 0) is 4.79 Å². The third-order valence-electron chi connectivity index (χ3n) is 2.63. The van der Waals surface area contributed by atoms with Crippen LogP contribution in [0.5, 0.6) is 0 Å². The van der Waals surface area contributed by atoms with Crippen molar-refractivity contribution in [2.24, 2.45) is 0 Å². The van der Waals surface area contributed by atoms with Crippen LogP contribution < -0.4 is 10.6 Å². The molecule has 3 nitrogen and oxygen atoms in total. The molecule has 1 aliphatic heterocycles. The summed E-state index contributed by atoms with van der Waals surface area (Å²) < 4.78 is 0. The number of carbonyl (C=O) groups is 1. The van der Waals surface area contributed by atoms with Gasteiger partial charge in [-0.3, -0.25) is 4.79 Å². The highest BCUT2D eigenvalue weighted by molar-refractivity contribution is 7.10. The van der Waals surface area contributed by atoms with E-state index < -0.39 is 0 Å². The van der Waals surface area contributed by atoms with E-state index >= 15 is 0 Å². The molecule has 86 valence electrons. The topological polar surface area (TPSA) is 41.1 Å². The number of benzene rings is 1. The van der Waals surface area contributed by atoms with Gasteiger partial charge in [-0.2, -0.15) is 0 Å². The number of amides is 1. The van der Waals surface area contributed by atoms with Crippen LogP contribution in [0.1, 0.15) is 10.9 Å². The van der Waals surface area contributed by atoms with E-state index in [1.165, 1.54) is 0 Å². The summed E-state index contributed by atoms with van der Waals surface area (Å²) in [6.45, 7) is 0. The Morgan fingerprint density at radius 1 is 1.24 bits per heavy atom. The van der Waals surface area contributed by atoms with Gasteiger partial charge in [-0.1, -0.05) is 17.7 Å². The van der Waals surface area contributed by atoms with Gasteiger partial charge in [0, 0.05) is 9.90 Å². The van der Waals surface area contributed by atoms with E-state index in [1.54, 1.807) is 23.5 Å². The van der Waals surface area contributed by atoms with Gasteiger partial charge in [0.1, 0.15) is 6.04 Å². The quantitative estimate of drug-likeness (QED) is 0.828. The smallest absolute Gasteiger partial charge is 0.252 e. The number of hydrogen-bond acceptors (Lipinski definition) is 3. The van der Waals surface area contributed by atoms with Crippen LogP contribution in [0, 0.1) is 0 Å². The van der Waals surface area contributed by atoms with Crippen LogP contribution in [0.3, 0.4) is 0 Å². The molecule has 1 aromatic heterocycles. The fourth-order valence-electron chi connectivity index (χ4n) is 1.83. The highest BCUT2D eigenvalue weighted by Crippen LogP contribution is 2.35. The molecule has 3 rings (SSSR count). The number of fused-ring (bicyclic) bond motifs is 1. The second-order valence-corrected chi connectivity index (χ2v) is 5.19. The molecular weight excluding hydrogens is 256 g/mol. The van der Waals surface area contributed by atoms with Crippen LogP contribution in [0.15, 0.2) is 35.7 Å². The van der Waals surface area contributed by atoms with E-state index in [-0.39, 0.29) is 11.9 Å². The third-order valence-corrected chi connectivity index (χ3v) is 3.80. The minimum Gasteiger partial charge on any atom is -0.368 e. The zero-order chi connectivity index (χ0) is 11.8. The van der Waals surface area contributed by atoms with Gasteiger partial charge in [-0.05, 0) is 29.6 Å². The molecule has 0 aliphatic carbocycles. The number of nitrogens with one attached hydrogen (secondary N) is 2. The van der Waals surface area contributed by atoms with Crippen molar-refractivity contribution in [3.8, 4) is 0 Å². The lowest BCUT2D eigenvalue weighted by Crippen LogP contribution is -2.31. The Hall–Kier alpha value is -1.52. The molecule has 0 saturated heterocycles. The molecule has 5 heteroatoms. The van der Waals surface area contributed by atoms with Crippen molar-refractivity contribution in [1.82, 2.24) is 0 Å². The van der Waals surface area contributed by atoms with Crippen LogP contribution in [0.4, 0.5) is 11.4 Å². The van der Waals surface area contributed by atoms with Crippen molar-refractivity contribution in [2.75, 3.05) is 10.6 Å². The molecule has 2 aromatic rings. The van der Waals surface area contributed by atoms with Crippen molar-refractivity contribution < 1.29 is 4.79 Å². The molecule has 1 aromatic carbocycles. The van der Waals surface area contributed by atoms with Crippen LogP contribution in [0.25, 0.3) is 0 Å². The molecule has 1 atom stereocenters. The fourth-order valence-corrected chi connectivity index (χ4v) is 2.77. The molecule has 2 heterocycles. The van der Waals surface area contributed by atoms with Crippen LogP contribution in [-0.4, -0.2) is 5.91 Å². The number of hydrogen-bond donors (Lipinski definition) is 2. The molecule has 0 spiro atoms. The number of thiophene rings is 1. The van der Waals surface area contributed by atoms with Crippen molar-refractivity contribution in [1.29, 1.82) is 0 Å². The molecule has 1 amide bonds. The van der Waals surface area contributed by atoms with Crippen molar-refractivity contribution in [3.63, 3.8) is 0 Å². The van der Waals surface area contributed by atoms with E-state index in [2.05, 4.69) is 10.6 Å². The van der Waals surface area contributed by atoms with Gasteiger partial charge in [0.2, 0.25) is 0 Å². The fraction of sp³-hybridized carbons (Fsp3) is 0.0833. The highest BCUT2D eigenvalue weighted by Gasteiger charge is 2.27. The minimum absolute atomic E-state index is 0.0396. The first kappa shape index (κ1) is 10.6. The SMILES string of the molecule is O=C1Nc2ccc(Cl)cc2NC1c1cccs1. The summed E-state index contributed by atoms with van der Waals surface area (Å²) in [7, 11) is 0. The van der Waals surface area contributed by atoms with E-state index in [1.807, 2.05) is 23.6 Å². The Kier molecular flexibility index (Phi) is 2.53. The maximum absolute atomic E-state index is 11.9. The average Bonchev–Trinajstić information content (AvgIpc) is 2.82. The number of rotatable bonds is 1. The van der Waals surface area contributed by atoms with Crippen molar-refractivity contribution in [2.45, 2.75) is 6.04 Å². The molecule has 1 aliphatic rings. The Morgan fingerprint density at radius 3 is 2.88 bits per heavy atom. The molecule has 2 N–H and O–H groups in total. The van der Waals surface area contributed by atoms with Crippen molar-refractivity contribution in [3.05, 3.63) is 45.6 Å². The summed E-state index contributed by atoms with van der Waals surface area (Å²) in [6.07, 6.45) is 0.